The maximum atomic E-state index is 12.1. The Morgan fingerprint density at radius 2 is 2.06 bits per heavy atom. The van der Waals surface area contributed by atoms with Crippen LogP contribution in [0.1, 0.15) is 42.3 Å². The fourth-order valence-corrected chi connectivity index (χ4v) is 3.46. The molecule has 0 bridgehead atoms. The van der Waals surface area contributed by atoms with Gasteiger partial charge in [-0.1, -0.05) is 31.5 Å². The molecule has 6 nitrogen and oxygen atoms in total. The number of carbonyl (C=O) groups is 1. The number of aromatic nitrogens is 1. The second-order valence-corrected chi connectivity index (χ2v) is 7.95. The summed E-state index contributed by atoms with van der Waals surface area (Å²) in [7, 11) is 0. The quantitative estimate of drug-likeness (QED) is 0.341. The molecule has 2 heterocycles. The second kappa shape index (κ2) is 8.91. The molecule has 8 heteroatoms. The number of amides is 1. The molecule has 0 saturated carbocycles. The van der Waals surface area contributed by atoms with Crippen LogP contribution < -0.4 is 10.6 Å². The third-order valence-corrected chi connectivity index (χ3v) is 5.56. The van der Waals surface area contributed by atoms with E-state index in [4.69, 9.17) is 32.7 Å². The first-order valence-electron chi connectivity index (χ1n) is 9.81. The molecule has 0 aliphatic carbocycles. The summed E-state index contributed by atoms with van der Waals surface area (Å²) >= 11 is 11.5. The number of thiocarbonyl (C=S) groups is 1. The highest BCUT2D eigenvalue weighted by molar-refractivity contribution is 7.80. The maximum absolute atomic E-state index is 12.1. The maximum Gasteiger partial charge on any atom is 0.293 e. The Labute approximate surface area is 189 Å². The van der Waals surface area contributed by atoms with Gasteiger partial charge in [0.05, 0.1) is 17.0 Å². The highest BCUT2D eigenvalue weighted by atomic mass is 35.5. The van der Waals surface area contributed by atoms with Gasteiger partial charge in [-0.15, -0.1) is 0 Å². The number of nitrogens with zero attached hydrogens (tertiary/aromatic N) is 1. The minimum Gasteiger partial charge on any atom is -0.459 e. The van der Waals surface area contributed by atoms with E-state index >= 15 is 0 Å². The standard InChI is InChI=1S/C23H20ClN3O3S/c1-3-13(2)14-7-9-19-18(11-14)25-22(30-19)15-6-8-16(24)17(12-15)26-23(31)27-21(28)20-5-4-10-29-20/h4-13H,3H2,1-2H3,(H2,26,27,28,31). The lowest BCUT2D eigenvalue weighted by Crippen LogP contribution is -2.33. The largest absolute Gasteiger partial charge is 0.459 e. The van der Waals surface area contributed by atoms with Gasteiger partial charge in [-0.25, -0.2) is 4.98 Å². The van der Waals surface area contributed by atoms with E-state index in [9.17, 15) is 4.79 Å². The van der Waals surface area contributed by atoms with Gasteiger partial charge in [-0.3, -0.25) is 10.1 Å². The summed E-state index contributed by atoms with van der Waals surface area (Å²) < 4.78 is 11.0. The van der Waals surface area contributed by atoms with Crippen molar-refractivity contribution in [2.24, 2.45) is 0 Å². The van der Waals surface area contributed by atoms with Crippen LogP contribution >= 0.6 is 23.8 Å². The minimum atomic E-state index is -0.453. The van der Waals surface area contributed by atoms with E-state index in [1.165, 1.54) is 11.8 Å². The first kappa shape index (κ1) is 21.1. The van der Waals surface area contributed by atoms with Gasteiger partial charge < -0.3 is 14.2 Å². The number of nitrogens with one attached hydrogen (secondary N) is 2. The number of carbonyl (C=O) groups excluding carboxylic acids is 1. The van der Waals surface area contributed by atoms with Crippen molar-refractivity contribution in [1.29, 1.82) is 0 Å². The van der Waals surface area contributed by atoms with Gasteiger partial charge in [-0.05, 0) is 72.6 Å². The number of benzene rings is 2. The number of hydrogen-bond acceptors (Lipinski definition) is 5. The van der Waals surface area contributed by atoms with Crippen LogP contribution in [0.2, 0.25) is 5.02 Å². The lowest BCUT2D eigenvalue weighted by Gasteiger charge is -2.11. The number of hydrogen-bond donors (Lipinski definition) is 2. The van der Waals surface area contributed by atoms with Crippen molar-refractivity contribution in [3.63, 3.8) is 0 Å². The molecule has 0 fully saturated rings. The van der Waals surface area contributed by atoms with Crippen molar-refractivity contribution >= 4 is 51.6 Å². The van der Waals surface area contributed by atoms with E-state index in [2.05, 4.69) is 41.6 Å². The molecule has 31 heavy (non-hydrogen) atoms. The van der Waals surface area contributed by atoms with Crippen molar-refractivity contribution in [3.05, 3.63) is 71.1 Å². The van der Waals surface area contributed by atoms with Crippen LogP contribution in [0.4, 0.5) is 5.69 Å². The van der Waals surface area contributed by atoms with Gasteiger partial charge in [-0.2, -0.15) is 0 Å². The molecular weight excluding hydrogens is 434 g/mol. The number of rotatable bonds is 5. The van der Waals surface area contributed by atoms with Crippen LogP contribution in [-0.4, -0.2) is 16.0 Å². The predicted octanol–water partition coefficient (Wildman–Crippen LogP) is 6.38. The Kier molecular flexibility index (Phi) is 6.06. The molecule has 0 spiro atoms. The van der Waals surface area contributed by atoms with Gasteiger partial charge in [0.15, 0.2) is 16.5 Å². The monoisotopic (exact) mass is 453 g/mol. The van der Waals surface area contributed by atoms with Crippen LogP contribution in [0, 0.1) is 0 Å². The van der Waals surface area contributed by atoms with Crippen LogP contribution in [0.25, 0.3) is 22.6 Å². The third-order valence-electron chi connectivity index (χ3n) is 5.03. The molecular formula is C23H20ClN3O3S. The summed E-state index contributed by atoms with van der Waals surface area (Å²) in [5.74, 6) is 0.632. The van der Waals surface area contributed by atoms with Gasteiger partial charge in [0.1, 0.15) is 5.52 Å². The number of anilines is 1. The Morgan fingerprint density at radius 3 is 2.81 bits per heavy atom. The summed E-state index contributed by atoms with van der Waals surface area (Å²) in [4.78, 5) is 16.7. The van der Waals surface area contributed by atoms with Crippen molar-refractivity contribution in [2.75, 3.05) is 5.32 Å². The zero-order valence-corrected chi connectivity index (χ0v) is 18.5. The number of halogens is 1. The minimum absolute atomic E-state index is 0.0937. The Hall–Kier alpha value is -3.16. The molecule has 4 rings (SSSR count). The van der Waals surface area contributed by atoms with E-state index in [-0.39, 0.29) is 10.9 Å². The Morgan fingerprint density at radius 1 is 1.23 bits per heavy atom. The molecule has 0 aliphatic rings. The smallest absolute Gasteiger partial charge is 0.293 e. The fourth-order valence-electron chi connectivity index (χ4n) is 3.09. The molecule has 0 aliphatic heterocycles. The zero-order valence-electron chi connectivity index (χ0n) is 16.9. The SMILES string of the molecule is CCC(C)c1ccc2oc(-c3ccc(Cl)c(NC(=S)NC(=O)c4ccco4)c3)nc2c1. The summed E-state index contributed by atoms with van der Waals surface area (Å²) in [6.07, 6.45) is 2.47. The molecule has 158 valence electrons. The van der Waals surface area contributed by atoms with Gasteiger partial charge >= 0.3 is 0 Å². The highest BCUT2D eigenvalue weighted by Gasteiger charge is 2.15. The average molecular weight is 454 g/mol. The lowest BCUT2D eigenvalue weighted by molar-refractivity contribution is 0.0950. The first-order valence-corrected chi connectivity index (χ1v) is 10.6. The molecule has 1 unspecified atom stereocenters. The zero-order chi connectivity index (χ0) is 22.0. The molecule has 2 N–H and O–H groups in total. The van der Waals surface area contributed by atoms with E-state index in [1.54, 1.807) is 24.3 Å². The van der Waals surface area contributed by atoms with E-state index < -0.39 is 5.91 Å². The molecule has 1 amide bonds. The molecule has 2 aromatic heterocycles. The first-order chi connectivity index (χ1) is 14.9. The van der Waals surface area contributed by atoms with Crippen molar-refractivity contribution < 1.29 is 13.6 Å². The third kappa shape index (κ3) is 4.62. The van der Waals surface area contributed by atoms with Gasteiger partial charge in [0, 0.05) is 5.56 Å². The van der Waals surface area contributed by atoms with Crippen LogP contribution in [0.3, 0.4) is 0 Å². The van der Waals surface area contributed by atoms with Crippen LogP contribution in [0.5, 0.6) is 0 Å². The number of fused-ring (bicyclic) bond motifs is 1. The Bertz CT molecular complexity index is 1250. The van der Waals surface area contributed by atoms with Gasteiger partial charge in [0.2, 0.25) is 5.89 Å². The summed E-state index contributed by atoms with van der Waals surface area (Å²) in [6.45, 7) is 4.35. The normalized spacial score (nSPS) is 12.0. The highest BCUT2D eigenvalue weighted by Crippen LogP contribution is 2.31. The molecule has 0 saturated heterocycles. The van der Waals surface area contributed by atoms with Crippen molar-refractivity contribution in [1.82, 2.24) is 10.3 Å². The number of furan rings is 1. The lowest BCUT2D eigenvalue weighted by atomic mass is 9.98. The molecule has 1 atom stereocenters. The van der Waals surface area contributed by atoms with Crippen LogP contribution in [-0.2, 0) is 0 Å². The predicted molar refractivity (Wildman–Crippen MR) is 126 cm³/mol. The molecule has 4 aromatic rings. The van der Waals surface area contributed by atoms with E-state index in [0.717, 1.165) is 17.5 Å². The van der Waals surface area contributed by atoms with E-state index in [0.29, 0.717) is 28.1 Å². The second-order valence-electron chi connectivity index (χ2n) is 7.14. The van der Waals surface area contributed by atoms with Crippen molar-refractivity contribution in [3.8, 4) is 11.5 Å². The van der Waals surface area contributed by atoms with E-state index in [1.807, 2.05) is 12.1 Å². The summed E-state index contributed by atoms with van der Waals surface area (Å²) in [5, 5.41) is 6.02. The van der Waals surface area contributed by atoms with Gasteiger partial charge in [0.25, 0.3) is 5.91 Å². The van der Waals surface area contributed by atoms with Crippen molar-refractivity contribution in [2.45, 2.75) is 26.2 Å². The van der Waals surface area contributed by atoms with Crippen LogP contribution in [0.15, 0.2) is 63.6 Å². The molecule has 2 aromatic carbocycles. The number of oxazole rings is 1. The summed E-state index contributed by atoms with van der Waals surface area (Å²) in [6, 6.07) is 14.6. The topological polar surface area (TPSA) is 80.3 Å². The fraction of sp³-hybridized carbons (Fsp3) is 0.174. The average Bonchev–Trinajstić information content (AvgIpc) is 3.44. The summed E-state index contributed by atoms with van der Waals surface area (Å²) in [5.41, 5.74) is 4.00. The Balaban J connectivity index is 1.56. The molecule has 0 radical (unpaired) electrons.